The molecule has 1 aromatic heterocycles. The molecule has 1 unspecified atom stereocenters. The minimum absolute atomic E-state index is 0.282. The molecule has 236 valence electrons. The van der Waals surface area contributed by atoms with Gasteiger partial charge >= 0.3 is 6.18 Å². The fraction of sp³-hybridized carbons (Fsp3) is 0.367. The first-order valence-electron chi connectivity index (χ1n) is 14.1. The average molecular weight is 644 g/mol. The Kier molecular flexibility index (Phi) is 7.99. The second-order valence-electron chi connectivity index (χ2n) is 11.0. The number of alkyl halides is 3. The molecule has 2 aromatic carbocycles. The molecule has 2 N–H and O–H groups in total. The summed E-state index contributed by atoms with van der Waals surface area (Å²) in [6, 6.07) is 7.95. The van der Waals surface area contributed by atoms with Crippen LogP contribution in [0.25, 0.3) is 0 Å². The number of nitrogens with zero attached hydrogens (tertiary/aromatic N) is 5. The molecule has 0 saturated carbocycles. The molecular formula is C30H29F4N7O3S. The lowest BCUT2D eigenvalue weighted by atomic mass is 10.0. The van der Waals surface area contributed by atoms with Gasteiger partial charge in [-0.1, -0.05) is 6.92 Å². The van der Waals surface area contributed by atoms with Gasteiger partial charge in [0, 0.05) is 17.7 Å². The van der Waals surface area contributed by atoms with Gasteiger partial charge in [0.15, 0.2) is 16.6 Å². The number of ether oxygens (including phenoxy) is 1. The van der Waals surface area contributed by atoms with Crippen LogP contribution in [0.1, 0.15) is 79.0 Å². The number of aromatic nitrogens is 2. The minimum atomic E-state index is -5.20. The molecule has 2 aliphatic heterocycles. The highest BCUT2D eigenvalue weighted by Gasteiger charge is 2.52. The van der Waals surface area contributed by atoms with Gasteiger partial charge in [0.1, 0.15) is 28.8 Å². The van der Waals surface area contributed by atoms with Gasteiger partial charge in [-0.15, -0.1) is 0 Å². The molecule has 2 aliphatic rings. The third-order valence-corrected chi connectivity index (χ3v) is 8.01. The van der Waals surface area contributed by atoms with Crippen molar-refractivity contribution >= 4 is 40.5 Å². The Hall–Kier alpha value is -4.71. The van der Waals surface area contributed by atoms with Crippen LogP contribution >= 0.6 is 12.2 Å². The second kappa shape index (κ2) is 11.3. The first-order chi connectivity index (χ1) is 21.2. The Balaban J connectivity index is 1.59. The summed E-state index contributed by atoms with van der Waals surface area (Å²) in [5.41, 5.74) is 0.0981. The number of carbonyl (C=O) groups excluding carboxylic acids is 2. The van der Waals surface area contributed by atoms with Crippen molar-refractivity contribution in [2.24, 2.45) is 0 Å². The van der Waals surface area contributed by atoms with Crippen molar-refractivity contribution < 1.29 is 31.9 Å². The predicted octanol–water partition coefficient (Wildman–Crippen LogP) is 5.47. The maximum Gasteiger partial charge on any atom is 0.420 e. The zero-order valence-corrected chi connectivity index (χ0v) is 25.8. The molecule has 0 bridgehead atoms. The Morgan fingerprint density at radius 2 is 1.89 bits per heavy atom. The SMILES string of the molecule is CCCc1nc(C)c2n1NC(c1cc(N3C(=S)N(c4ccc(C#N)c(C(F)(F)F)c4F)C(=O)C3(C)C)ccc1OCC)NC2=O. The molecule has 1 saturated heterocycles. The number of amides is 2. The number of carbonyl (C=O) groups is 2. The van der Waals surface area contributed by atoms with E-state index in [0.717, 1.165) is 18.6 Å². The number of hydrogen-bond acceptors (Lipinski definition) is 7. The number of imidazole rings is 1. The van der Waals surface area contributed by atoms with Crippen LogP contribution in [0.2, 0.25) is 0 Å². The molecule has 45 heavy (non-hydrogen) atoms. The first kappa shape index (κ1) is 31.7. The van der Waals surface area contributed by atoms with Crippen LogP contribution in [-0.2, 0) is 17.4 Å². The number of anilines is 2. The Bertz CT molecular complexity index is 1780. The lowest BCUT2D eigenvalue weighted by Gasteiger charge is -2.33. The van der Waals surface area contributed by atoms with Gasteiger partial charge in [0.2, 0.25) is 0 Å². The third-order valence-electron chi connectivity index (χ3n) is 7.64. The van der Waals surface area contributed by atoms with E-state index in [0.29, 0.717) is 52.1 Å². The van der Waals surface area contributed by atoms with Crippen molar-refractivity contribution in [1.82, 2.24) is 15.0 Å². The number of benzene rings is 2. The highest BCUT2D eigenvalue weighted by atomic mass is 32.1. The Morgan fingerprint density at radius 1 is 1.18 bits per heavy atom. The summed E-state index contributed by atoms with van der Waals surface area (Å²) in [5, 5.41) is 11.8. The molecule has 5 rings (SSSR count). The van der Waals surface area contributed by atoms with Crippen LogP contribution in [0, 0.1) is 24.1 Å². The smallest absolute Gasteiger partial charge is 0.420 e. The number of rotatable bonds is 7. The molecular weight excluding hydrogens is 614 g/mol. The summed E-state index contributed by atoms with van der Waals surface area (Å²) in [4.78, 5) is 33.6. The molecule has 1 fully saturated rings. The van der Waals surface area contributed by atoms with E-state index < -0.39 is 46.4 Å². The summed E-state index contributed by atoms with van der Waals surface area (Å²) in [6.45, 7) is 8.82. The lowest BCUT2D eigenvalue weighted by molar-refractivity contribution is -0.140. The quantitative estimate of drug-likeness (QED) is 0.257. The van der Waals surface area contributed by atoms with E-state index in [-0.39, 0.29) is 11.0 Å². The average Bonchev–Trinajstić information content (AvgIpc) is 3.37. The summed E-state index contributed by atoms with van der Waals surface area (Å²) in [5.74, 6) is -1.86. The summed E-state index contributed by atoms with van der Waals surface area (Å²) < 4.78 is 64.3. The van der Waals surface area contributed by atoms with E-state index >= 15 is 4.39 Å². The second-order valence-corrected chi connectivity index (χ2v) is 11.4. The van der Waals surface area contributed by atoms with Gasteiger partial charge < -0.3 is 15.0 Å². The van der Waals surface area contributed by atoms with Crippen molar-refractivity contribution in [3.8, 4) is 11.8 Å². The predicted molar refractivity (Wildman–Crippen MR) is 161 cm³/mol. The zero-order chi connectivity index (χ0) is 33.0. The number of nitrogens with one attached hydrogen (secondary N) is 2. The number of aryl methyl sites for hydroxylation is 2. The van der Waals surface area contributed by atoms with Gasteiger partial charge in [-0.05, 0) is 76.7 Å². The normalized spacial score (nSPS) is 17.6. The standard InChI is InChI=1S/C30H29F4N7O3S/c1-6-8-21-36-15(3)24-26(42)37-25(38-41(21)24)18-13-17(10-12-20(18)44-7-2)40-28(45)39(27(43)29(40,4)5)19-11-9-16(14-35)22(23(19)31)30(32,33)34/h9-13,25,38H,6-8H2,1-5H3,(H,37,42). The van der Waals surface area contributed by atoms with Gasteiger partial charge in [0.05, 0.1) is 29.6 Å². The highest BCUT2D eigenvalue weighted by molar-refractivity contribution is 7.81. The number of thiocarbonyl (C=S) groups is 1. The lowest BCUT2D eigenvalue weighted by Crippen LogP contribution is -2.46. The third kappa shape index (κ3) is 5.12. The van der Waals surface area contributed by atoms with Crippen LogP contribution in [0.4, 0.5) is 28.9 Å². The van der Waals surface area contributed by atoms with Crippen LogP contribution in [0.3, 0.4) is 0 Å². The molecule has 0 aliphatic carbocycles. The van der Waals surface area contributed by atoms with Gasteiger partial charge in [0.25, 0.3) is 11.8 Å². The van der Waals surface area contributed by atoms with Crippen LogP contribution < -0.4 is 25.3 Å². The summed E-state index contributed by atoms with van der Waals surface area (Å²) in [6.07, 6.45) is -4.61. The van der Waals surface area contributed by atoms with Crippen molar-refractivity contribution in [2.75, 3.05) is 21.8 Å². The molecule has 3 aromatic rings. The topological polar surface area (TPSA) is 116 Å². The fourth-order valence-electron chi connectivity index (χ4n) is 5.63. The Morgan fingerprint density at radius 3 is 2.51 bits per heavy atom. The minimum Gasteiger partial charge on any atom is -0.493 e. The molecule has 10 nitrogen and oxygen atoms in total. The van der Waals surface area contributed by atoms with Crippen molar-refractivity contribution in [3.63, 3.8) is 0 Å². The maximum atomic E-state index is 15.5. The van der Waals surface area contributed by atoms with Gasteiger partial charge in [-0.3, -0.25) is 19.9 Å². The number of hydrogen-bond donors (Lipinski definition) is 2. The van der Waals surface area contributed by atoms with Crippen molar-refractivity contribution in [1.29, 1.82) is 5.26 Å². The van der Waals surface area contributed by atoms with E-state index in [1.54, 1.807) is 36.7 Å². The summed E-state index contributed by atoms with van der Waals surface area (Å²) in [7, 11) is 0. The monoisotopic (exact) mass is 643 g/mol. The van der Waals surface area contributed by atoms with E-state index in [4.69, 9.17) is 17.0 Å². The summed E-state index contributed by atoms with van der Waals surface area (Å²) >= 11 is 5.60. The molecule has 0 spiro atoms. The maximum absolute atomic E-state index is 15.5. The molecule has 15 heteroatoms. The van der Waals surface area contributed by atoms with E-state index in [2.05, 4.69) is 15.7 Å². The molecule has 1 atom stereocenters. The van der Waals surface area contributed by atoms with E-state index in [1.165, 1.54) is 24.8 Å². The fourth-order valence-corrected chi connectivity index (χ4v) is 6.14. The van der Waals surface area contributed by atoms with Crippen molar-refractivity contribution in [2.45, 2.75) is 65.3 Å². The first-order valence-corrected chi connectivity index (χ1v) is 14.5. The molecule has 2 amide bonds. The molecule has 0 radical (unpaired) electrons. The number of nitriles is 1. The highest BCUT2D eigenvalue weighted by Crippen LogP contribution is 2.43. The number of halogens is 4. The van der Waals surface area contributed by atoms with E-state index in [1.807, 2.05) is 6.92 Å². The number of fused-ring (bicyclic) bond motifs is 1. The molecule has 3 heterocycles. The van der Waals surface area contributed by atoms with Crippen LogP contribution in [-0.4, -0.2) is 38.7 Å². The van der Waals surface area contributed by atoms with Crippen molar-refractivity contribution in [3.05, 3.63) is 70.1 Å². The van der Waals surface area contributed by atoms with Crippen LogP contribution in [0.15, 0.2) is 30.3 Å². The van der Waals surface area contributed by atoms with Gasteiger partial charge in [-0.25, -0.2) is 14.1 Å². The van der Waals surface area contributed by atoms with E-state index in [9.17, 15) is 28.0 Å². The van der Waals surface area contributed by atoms with Gasteiger partial charge in [-0.2, -0.15) is 18.4 Å². The zero-order valence-electron chi connectivity index (χ0n) is 25.0. The van der Waals surface area contributed by atoms with Crippen LogP contribution in [0.5, 0.6) is 5.75 Å². The Labute approximate surface area is 261 Å². The largest absolute Gasteiger partial charge is 0.493 e.